The third kappa shape index (κ3) is 35.1. The van der Waals surface area contributed by atoms with E-state index in [4.69, 9.17) is 30.6 Å². The Hall–Kier alpha value is -1.43. The van der Waals surface area contributed by atoms with E-state index in [0.29, 0.717) is 0 Å². The molecule has 0 bridgehead atoms. The van der Waals surface area contributed by atoms with E-state index in [2.05, 4.69) is 0 Å². The SMILES string of the molecule is CC(C)O.CC(C)O.CC(C)O.CC(C)O.CC(C)O.CC(C)O.O=C1c2cccc(O)c2C(=O)c2c(O)cccc21.[Ti].[Ti]. The molecule has 10 nitrogen and oxygen atoms in total. The number of fused-ring (bicyclic) bond motifs is 2. The first kappa shape index (κ1) is 55.0. The Bertz CT molecular complexity index is 872. The first-order valence-electron chi connectivity index (χ1n) is 13.8. The molecule has 0 atom stereocenters. The average Bonchev–Trinajstić information content (AvgIpc) is 2.75. The van der Waals surface area contributed by atoms with E-state index < -0.39 is 5.78 Å². The van der Waals surface area contributed by atoms with Crippen molar-refractivity contribution in [2.75, 3.05) is 0 Å². The predicted molar refractivity (Wildman–Crippen MR) is 167 cm³/mol. The number of carbonyl (C=O) groups excluding carboxylic acids is 2. The maximum Gasteiger partial charge on any atom is 0.201 e. The Balaban J connectivity index is -0.000000116. The number of carbonyl (C=O) groups is 2. The molecule has 0 radical (unpaired) electrons. The van der Waals surface area contributed by atoms with Crippen LogP contribution < -0.4 is 0 Å². The summed E-state index contributed by atoms with van der Waals surface area (Å²) in [5.74, 6) is -1.40. The monoisotopic (exact) mass is 696 g/mol. The minimum Gasteiger partial charge on any atom is -0.507 e. The fourth-order valence-electron chi connectivity index (χ4n) is 2.21. The molecular weight excluding hydrogens is 640 g/mol. The van der Waals surface area contributed by atoms with Crippen LogP contribution in [0.5, 0.6) is 11.5 Å². The molecule has 0 fully saturated rings. The molecule has 2 aromatic carbocycles. The number of phenolic OH excluding ortho intramolecular Hbond substituents is 2. The smallest absolute Gasteiger partial charge is 0.201 e. The van der Waals surface area contributed by atoms with E-state index in [9.17, 15) is 19.8 Å². The number of aliphatic hydroxyl groups excluding tert-OH is 6. The molecular formula is C32H56O10Ti2. The minimum atomic E-state index is -0.532. The van der Waals surface area contributed by atoms with Crippen LogP contribution in [0.3, 0.4) is 0 Å². The molecule has 0 aromatic heterocycles. The van der Waals surface area contributed by atoms with Crippen LogP contribution in [0.15, 0.2) is 36.4 Å². The van der Waals surface area contributed by atoms with Crippen molar-refractivity contribution in [2.45, 2.75) is 120 Å². The molecule has 0 unspecified atom stereocenters. The minimum absolute atomic E-state index is 0. The van der Waals surface area contributed by atoms with Gasteiger partial charge in [-0.05, 0) is 95.2 Å². The van der Waals surface area contributed by atoms with Crippen LogP contribution in [0.4, 0.5) is 0 Å². The van der Waals surface area contributed by atoms with Crippen molar-refractivity contribution in [1.82, 2.24) is 0 Å². The predicted octanol–water partition coefficient (Wildman–Crippen LogP) is 4.19. The molecule has 3 rings (SSSR count). The van der Waals surface area contributed by atoms with Crippen molar-refractivity contribution >= 4 is 11.6 Å². The van der Waals surface area contributed by atoms with Crippen LogP contribution in [0, 0.1) is 0 Å². The van der Waals surface area contributed by atoms with Crippen molar-refractivity contribution in [3.05, 3.63) is 58.7 Å². The van der Waals surface area contributed by atoms with E-state index >= 15 is 0 Å². The van der Waals surface area contributed by atoms with Gasteiger partial charge in [-0.2, -0.15) is 0 Å². The Morgan fingerprint density at radius 3 is 0.773 bits per heavy atom. The van der Waals surface area contributed by atoms with Crippen LogP contribution in [0.1, 0.15) is 115 Å². The number of aliphatic hydroxyl groups is 6. The van der Waals surface area contributed by atoms with Crippen LogP contribution in [-0.4, -0.2) is 89.0 Å². The van der Waals surface area contributed by atoms with Gasteiger partial charge in [0.05, 0.1) is 11.1 Å². The summed E-state index contributed by atoms with van der Waals surface area (Å²) in [6.45, 7) is 20.7. The van der Waals surface area contributed by atoms with Crippen molar-refractivity contribution in [2.24, 2.45) is 0 Å². The zero-order valence-corrected chi connectivity index (χ0v) is 31.4. The Kier molecular flexibility index (Phi) is 39.4. The molecule has 1 aliphatic rings. The van der Waals surface area contributed by atoms with Crippen LogP contribution >= 0.6 is 0 Å². The summed E-state index contributed by atoms with van der Waals surface area (Å²) in [5.41, 5.74) is 0.240. The molecule has 8 N–H and O–H groups in total. The van der Waals surface area contributed by atoms with Gasteiger partial charge in [0.25, 0.3) is 0 Å². The summed E-state index contributed by atoms with van der Waals surface area (Å²) >= 11 is 0. The number of ketones is 2. The van der Waals surface area contributed by atoms with Gasteiger partial charge in [-0.15, -0.1) is 0 Å². The van der Waals surface area contributed by atoms with Crippen LogP contribution in [0.25, 0.3) is 0 Å². The summed E-state index contributed by atoms with van der Waals surface area (Å²) in [6.07, 6.45) is -1.00. The van der Waals surface area contributed by atoms with Crippen molar-refractivity contribution < 1.29 is 93.9 Å². The Morgan fingerprint density at radius 2 is 0.591 bits per heavy atom. The number of hydrogen-bond donors (Lipinski definition) is 8. The summed E-state index contributed by atoms with van der Waals surface area (Å²) in [7, 11) is 0. The number of benzene rings is 2. The summed E-state index contributed by atoms with van der Waals surface area (Å²) in [6, 6.07) is 8.68. The van der Waals surface area contributed by atoms with Crippen LogP contribution in [0.2, 0.25) is 0 Å². The fraction of sp³-hybridized carbons (Fsp3) is 0.562. The maximum atomic E-state index is 12.2. The first-order valence-corrected chi connectivity index (χ1v) is 13.8. The second-order valence-corrected chi connectivity index (χ2v) is 10.6. The molecule has 0 saturated carbocycles. The van der Waals surface area contributed by atoms with Gasteiger partial charge in [0, 0.05) is 91.2 Å². The zero-order valence-electron chi connectivity index (χ0n) is 28.3. The molecule has 0 heterocycles. The van der Waals surface area contributed by atoms with Gasteiger partial charge in [0.2, 0.25) is 5.78 Å². The Labute approximate surface area is 294 Å². The van der Waals surface area contributed by atoms with Crippen molar-refractivity contribution in [1.29, 1.82) is 0 Å². The fourth-order valence-corrected chi connectivity index (χ4v) is 2.21. The van der Waals surface area contributed by atoms with E-state index in [1.54, 1.807) is 83.1 Å². The number of aromatic hydroxyl groups is 2. The average molecular weight is 697 g/mol. The maximum absolute atomic E-state index is 12.2. The molecule has 0 aliphatic heterocycles. The van der Waals surface area contributed by atoms with E-state index in [0.717, 1.165) is 0 Å². The van der Waals surface area contributed by atoms with Crippen LogP contribution in [-0.2, 0) is 43.4 Å². The second kappa shape index (κ2) is 31.5. The number of phenols is 2. The largest absolute Gasteiger partial charge is 0.507 e. The van der Waals surface area contributed by atoms with Gasteiger partial charge in [-0.1, -0.05) is 24.3 Å². The zero-order chi connectivity index (χ0) is 34.3. The molecule has 0 amide bonds. The molecule has 12 heteroatoms. The molecule has 0 saturated heterocycles. The normalized spacial score (nSPS) is 10.3. The number of rotatable bonds is 0. The standard InChI is InChI=1S/C14H8O4.6C3H8O.2Ti/c15-9-5-1-3-7-11(9)14(18)12-8(13(7)17)4-2-6-10(12)16;6*1-3(2)4;;/h1-6,15-16H;6*3-4H,1-2H3;;. The molecule has 2 aromatic rings. The van der Waals surface area contributed by atoms with Gasteiger partial charge in [-0.3, -0.25) is 9.59 Å². The van der Waals surface area contributed by atoms with Gasteiger partial charge in [0.1, 0.15) is 11.5 Å². The van der Waals surface area contributed by atoms with Gasteiger partial charge in [0.15, 0.2) is 5.78 Å². The van der Waals surface area contributed by atoms with Crippen molar-refractivity contribution in [3.8, 4) is 11.5 Å². The summed E-state index contributed by atoms with van der Waals surface area (Å²) < 4.78 is 0. The Morgan fingerprint density at radius 1 is 0.409 bits per heavy atom. The van der Waals surface area contributed by atoms with E-state index in [-0.39, 0.29) is 120 Å². The third-order valence-electron chi connectivity index (χ3n) is 3.03. The second-order valence-electron chi connectivity index (χ2n) is 10.6. The molecule has 0 spiro atoms. The molecule has 1 aliphatic carbocycles. The van der Waals surface area contributed by atoms with E-state index in [1.165, 1.54) is 36.4 Å². The summed E-state index contributed by atoms with van der Waals surface area (Å²) in [5, 5.41) is 67.7. The van der Waals surface area contributed by atoms with E-state index in [1.807, 2.05) is 0 Å². The van der Waals surface area contributed by atoms with Gasteiger partial charge < -0.3 is 40.9 Å². The first-order chi connectivity index (χ1) is 19.0. The van der Waals surface area contributed by atoms with Gasteiger partial charge >= 0.3 is 0 Å². The van der Waals surface area contributed by atoms with Gasteiger partial charge in [-0.25, -0.2) is 0 Å². The van der Waals surface area contributed by atoms with Crippen molar-refractivity contribution in [3.63, 3.8) is 0 Å². The molecule has 44 heavy (non-hydrogen) atoms. The number of hydrogen-bond acceptors (Lipinski definition) is 10. The third-order valence-corrected chi connectivity index (χ3v) is 3.03. The summed E-state index contributed by atoms with van der Waals surface area (Å²) in [4.78, 5) is 24.4. The topological polar surface area (TPSA) is 196 Å². The quantitative estimate of drug-likeness (QED) is 0.158. The molecule has 252 valence electrons.